The van der Waals surface area contributed by atoms with E-state index in [1.165, 1.54) is 5.56 Å². The highest BCUT2D eigenvalue weighted by Gasteiger charge is 2.21. The van der Waals surface area contributed by atoms with Crippen molar-refractivity contribution in [3.63, 3.8) is 0 Å². The average molecular weight is 314 g/mol. The molecule has 0 bridgehead atoms. The van der Waals surface area contributed by atoms with Crippen LogP contribution in [0.3, 0.4) is 0 Å². The molecule has 0 fully saturated rings. The van der Waals surface area contributed by atoms with Crippen molar-refractivity contribution in [2.45, 2.75) is 45.6 Å². The van der Waals surface area contributed by atoms with E-state index in [4.69, 9.17) is 4.74 Å². The second-order valence-electron chi connectivity index (χ2n) is 5.59. The molecule has 0 heterocycles. The van der Waals surface area contributed by atoms with Crippen LogP contribution in [0.25, 0.3) is 0 Å². The van der Waals surface area contributed by atoms with Crippen molar-refractivity contribution in [1.82, 2.24) is 5.32 Å². The van der Waals surface area contributed by atoms with Crippen LogP contribution in [-0.2, 0) is 5.41 Å². The fourth-order valence-electron chi connectivity index (χ4n) is 1.91. The minimum Gasteiger partial charge on any atom is -0.496 e. The van der Waals surface area contributed by atoms with Crippen LogP contribution in [-0.4, -0.2) is 19.7 Å². The molecule has 0 aliphatic carbocycles. The third kappa shape index (κ3) is 4.29. The van der Waals surface area contributed by atoms with Crippen molar-refractivity contribution >= 4 is 15.9 Å². The standard InChI is InChI=1S/C15H24BrNO/c1-11(2)17-9-8-15(3,4)12-6-7-14(18-5)13(16)10-12/h6-7,10-11,17H,8-9H2,1-5H3. The Morgan fingerprint density at radius 1 is 1.33 bits per heavy atom. The third-order valence-electron chi connectivity index (χ3n) is 3.24. The molecule has 1 aromatic rings. The molecule has 0 radical (unpaired) electrons. The number of benzene rings is 1. The van der Waals surface area contributed by atoms with Gasteiger partial charge in [0.15, 0.2) is 0 Å². The highest BCUT2D eigenvalue weighted by Crippen LogP contribution is 2.33. The van der Waals surface area contributed by atoms with E-state index in [9.17, 15) is 0 Å². The number of ether oxygens (including phenoxy) is 1. The van der Waals surface area contributed by atoms with Gasteiger partial charge in [-0.2, -0.15) is 0 Å². The van der Waals surface area contributed by atoms with Crippen LogP contribution in [0.2, 0.25) is 0 Å². The SMILES string of the molecule is COc1ccc(C(C)(C)CCNC(C)C)cc1Br. The molecule has 3 heteroatoms. The number of rotatable bonds is 6. The first kappa shape index (κ1) is 15.5. The summed E-state index contributed by atoms with van der Waals surface area (Å²) in [5.74, 6) is 0.884. The summed E-state index contributed by atoms with van der Waals surface area (Å²) in [7, 11) is 1.69. The minimum atomic E-state index is 0.163. The molecule has 1 N–H and O–H groups in total. The van der Waals surface area contributed by atoms with Gasteiger partial charge >= 0.3 is 0 Å². The van der Waals surface area contributed by atoms with Crippen molar-refractivity contribution < 1.29 is 4.74 Å². The number of hydrogen-bond acceptors (Lipinski definition) is 2. The molecule has 18 heavy (non-hydrogen) atoms. The minimum absolute atomic E-state index is 0.163. The van der Waals surface area contributed by atoms with E-state index in [2.05, 4.69) is 61.1 Å². The zero-order chi connectivity index (χ0) is 13.8. The van der Waals surface area contributed by atoms with Gasteiger partial charge in [0, 0.05) is 6.04 Å². The van der Waals surface area contributed by atoms with Gasteiger partial charge in [-0.15, -0.1) is 0 Å². The van der Waals surface area contributed by atoms with E-state index < -0.39 is 0 Å². The summed E-state index contributed by atoms with van der Waals surface area (Å²) >= 11 is 3.55. The molecule has 1 rings (SSSR count). The van der Waals surface area contributed by atoms with Crippen LogP contribution in [0.15, 0.2) is 22.7 Å². The second kappa shape index (κ2) is 6.58. The Hall–Kier alpha value is -0.540. The number of hydrogen-bond donors (Lipinski definition) is 1. The van der Waals surface area contributed by atoms with Crippen molar-refractivity contribution in [3.05, 3.63) is 28.2 Å². The average Bonchev–Trinajstić information content (AvgIpc) is 2.28. The predicted molar refractivity (Wildman–Crippen MR) is 81.5 cm³/mol. The van der Waals surface area contributed by atoms with Gasteiger partial charge in [0.25, 0.3) is 0 Å². The molecule has 0 amide bonds. The van der Waals surface area contributed by atoms with E-state index in [1.54, 1.807) is 7.11 Å². The van der Waals surface area contributed by atoms with Gasteiger partial charge in [-0.05, 0) is 52.0 Å². The first-order chi connectivity index (χ1) is 8.36. The van der Waals surface area contributed by atoms with Gasteiger partial charge in [-0.25, -0.2) is 0 Å². The zero-order valence-electron chi connectivity index (χ0n) is 12.0. The maximum absolute atomic E-state index is 5.27. The molecule has 0 atom stereocenters. The summed E-state index contributed by atoms with van der Waals surface area (Å²) in [4.78, 5) is 0. The highest BCUT2D eigenvalue weighted by molar-refractivity contribution is 9.10. The maximum atomic E-state index is 5.27. The predicted octanol–water partition coefficient (Wildman–Crippen LogP) is 4.12. The fraction of sp³-hybridized carbons (Fsp3) is 0.600. The lowest BCUT2D eigenvalue weighted by atomic mass is 9.81. The Labute approximate surface area is 119 Å². The second-order valence-corrected chi connectivity index (χ2v) is 6.45. The van der Waals surface area contributed by atoms with E-state index in [-0.39, 0.29) is 5.41 Å². The summed E-state index contributed by atoms with van der Waals surface area (Å²) in [5.41, 5.74) is 1.50. The molecule has 2 nitrogen and oxygen atoms in total. The van der Waals surface area contributed by atoms with Crippen LogP contribution in [0.4, 0.5) is 0 Å². The molecule has 0 aromatic heterocycles. The van der Waals surface area contributed by atoms with Gasteiger partial charge in [0.05, 0.1) is 11.6 Å². The summed E-state index contributed by atoms with van der Waals surface area (Å²) in [6, 6.07) is 6.88. The third-order valence-corrected chi connectivity index (χ3v) is 3.86. The Morgan fingerprint density at radius 2 is 2.00 bits per heavy atom. The largest absolute Gasteiger partial charge is 0.496 e. The summed E-state index contributed by atoms with van der Waals surface area (Å²) in [6.45, 7) is 9.95. The maximum Gasteiger partial charge on any atom is 0.133 e. The van der Waals surface area contributed by atoms with Crippen molar-refractivity contribution in [1.29, 1.82) is 0 Å². The monoisotopic (exact) mass is 313 g/mol. The van der Waals surface area contributed by atoms with Crippen LogP contribution in [0.1, 0.15) is 39.7 Å². The smallest absolute Gasteiger partial charge is 0.133 e. The summed E-state index contributed by atoms with van der Waals surface area (Å²) < 4.78 is 6.29. The Kier molecular flexibility index (Phi) is 5.67. The molecular weight excluding hydrogens is 290 g/mol. The fourth-order valence-corrected chi connectivity index (χ4v) is 2.45. The number of nitrogens with one attached hydrogen (secondary N) is 1. The van der Waals surface area contributed by atoms with Gasteiger partial charge in [-0.1, -0.05) is 33.8 Å². The van der Waals surface area contributed by atoms with Crippen LogP contribution < -0.4 is 10.1 Å². The molecule has 102 valence electrons. The molecular formula is C15H24BrNO. The lowest BCUT2D eigenvalue weighted by molar-refractivity contribution is 0.409. The Morgan fingerprint density at radius 3 is 2.50 bits per heavy atom. The van der Waals surface area contributed by atoms with Gasteiger partial charge in [0.1, 0.15) is 5.75 Å². The summed E-state index contributed by atoms with van der Waals surface area (Å²) in [6.07, 6.45) is 1.12. The van der Waals surface area contributed by atoms with Crippen LogP contribution in [0, 0.1) is 0 Å². The molecule has 0 aliphatic rings. The van der Waals surface area contributed by atoms with E-state index >= 15 is 0 Å². The van der Waals surface area contributed by atoms with E-state index in [0.717, 1.165) is 23.2 Å². The Bertz CT molecular complexity index is 388. The van der Waals surface area contributed by atoms with E-state index in [1.807, 2.05) is 6.07 Å². The van der Waals surface area contributed by atoms with Gasteiger partial charge in [-0.3, -0.25) is 0 Å². The lowest BCUT2D eigenvalue weighted by Crippen LogP contribution is -2.29. The topological polar surface area (TPSA) is 21.3 Å². The van der Waals surface area contributed by atoms with Crippen molar-refractivity contribution in [2.75, 3.05) is 13.7 Å². The molecule has 0 spiro atoms. The Balaban J connectivity index is 2.75. The molecule has 1 aromatic carbocycles. The lowest BCUT2D eigenvalue weighted by Gasteiger charge is -2.26. The zero-order valence-corrected chi connectivity index (χ0v) is 13.6. The molecule has 0 saturated carbocycles. The molecule has 0 saturated heterocycles. The van der Waals surface area contributed by atoms with Crippen molar-refractivity contribution in [2.24, 2.45) is 0 Å². The van der Waals surface area contributed by atoms with Gasteiger partial charge in [0.2, 0.25) is 0 Å². The van der Waals surface area contributed by atoms with Crippen LogP contribution in [0.5, 0.6) is 5.75 Å². The molecule has 0 aliphatic heterocycles. The highest BCUT2D eigenvalue weighted by atomic mass is 79.9. The summed E-state index contributed by atoms with van der Waals surface area (Å²) in [5, 5.41) is 3.47. The number of halogens is 1. The van der Waals surface area contributed by atoms with E-state index in [0.29, 0.717) is 6.04 Å². The molecule has 0 unspecified atom stereocenters. The quantitative estimate of drug-likeness (QED) is 0.853. The van der Waals surface area contributed by atoms with Gasteiger partial charge < -0.3 is 10.1 Å². The first-order valence-corrected chi connectivity index (χ1v) is 7.23. The van der Waals surface area contributed by atoms with Crippen molar-refractivity contribution in [3.8, 4) is 5.75 Å². The first-order valence-electron chi connectivity index (χ1n) is 6.44. The normalized spacial score (nSPS) is 11.9. The number of methoxy groups -OCH3 is 1. The van der Waals surface area contributed by atoms with Crippen LogP contribution >= 0.6 is 15.9 Å².